The van der Waals surface area contributed by atoms with E-state index >= 15 is 0 Å². The molecule has 0 spiro atoms. The number of rotatable bonds is 9. The lowest BCUT2D eigenvalue weighted by Gasteiger charge is -2.42. The van der Waals surface area contributed by atoms with Crippen molar-refractivity contribution in [2.24, 2.45) is 82.3 Å². The molecule has 7 nitrogen and oxygen atoms in total. The van der Waals surface area contributed by atoms with Crippen molar-refractivity contribution in [1.29, 1.82) is 0 Å². The molecular formula is C54H84O7. The summed E-state index contributed by atoms with van der Waals surface area (Å²) in [5.41, 5.74) is 3.48. The van der Waals surface area contributed by atoms with Crippen molar-refractivity contribution in [2.45, 2.75) is 167 Å². The van der Waals surface area contributed by atoms with Gasteiger partial charge in [-0.3, -0.25) is 14.4 Å². The molecule has 0 amide bonds. The molecule has 61 heavy (non-hydrogen) atoms. The summed E-state index contributed by atoms with van der Waals surface area (Å²) in [6.07, 6.45) is 24.2. The summed E-state index contributed by atoms with van der Waals surface area (Å²) in [7, 11) is 0. The Hall–Kier alpha value is -3.19. The first-order valence-corrected chi connectivity index (χ1v) is 24.1. The van der Waals surface area contributed by atoms with Gasteiger partial charge in [0.1, 0.15) is 18.3 Å². The van der Waals surface area contributed by atoms with Crippen LogP contribution < -0.4 is 0 Å². The molecule has 0 saturated carbocycles. The van der Waals surface area contributed by atoms with Crippen LogP contribution in [0.5, 0.6) is 0 Å². The number of allylic oxidation sites excluding steroid dienone is 8. The molecule has 7 heteroatoms. The van der Waals surface area contributed by atoms with Gasteiger partial charge in [-0.2, -0.15) is 0 Å². The van der Waals surface area contributed by atoms with E-state index in [-0.39, 0.29) is 59.4 Å². The van der Waals surface area contributed by atoms with Crippen LogP contribution in [0.15, 0.2) is 71.4 Å². The zero-order chi connectivity index (χ0) is 45.5. The second kappa shape index (κ2) is 21.9. The smallest absolute Gasteiger partial charge is 0.311 e. The van der Waals surface area contributed by atoms with Crippen LogP contribution in [0.3, 0.4) is 0 Å². The van der Waals surface area contributed by atoms with Crippen LogP contribution in [0, 0.1) is 82.3 Å². The summed E-state index contributed by atoms with van der Waals surface area (Å²) in [5.74, 6) is 4.68. The molecule has 0 aromatic rings. The first-order valence-electron chi connectivity index (χ1n) is 24.1. The monoisotopic (exact) mass is 845 g/mol. The van der Waals surface area contributed by atoms with E-state index in [9.17, 15) is 19.5 Å². The quantitative estimate of drug-likeness (QED) is 0.182. The first kappa shape index (κ1) is 50.5. The van der Waals surface area contributed by atoms with E-state index in [2.05, 4.69) is 104 Å². The Balaban J connectivity index is 0.000000202. The number of hydrogen-bond donors (Lipinski definition) is 1. The predicted molar refractivity (Wildman–Crippen MR) is 248 cm³/mol. The summed E-state index contributed by atoms with van der Waals surface area (Å²) in [4.78, 5) is 36.7. The Morgan fingerprint density at radius 3 is 1.30 bits per heavy atom. The van der Waals surface area contributed by atoms with E-state index in [1.165, 1.54) is 11.1 Å². The zero-order valence-electron chi connectivity index (χ0n) is 40.7. The maximum absolute atomic E-state index is 12.5. The van der Waals surface area contributed by atoms with Crippen LogP contribution in [-0.4, -0.2) is 47.4 Å². The molecule has 0 saturated heterocycles. The fourth-order valence-electron chi connectivity index (χ4n) is 9.86. The highest BCUT2D eigenvalue weighted by molar-refractivity contribution is 5.76. The van der Waals surface area contributed by atoms with Crippen molar-refractivity contribution in [2.75, 3.05) is 0 Å². The van der Waals surface area contributed by atoms with Crippen molar-refractivity contribution in [3.05, 3.63) is 71.4 Å². The molecule has 0 fully saturated rings. The molecular weight excluding hydrogens is 761 g/mol. The van der Waals surface area contributed by atoms with Gasteiger partial charge < -0.3 is 19.3 Å². The molecule has 0 aromatic heterocycles. The van der Waals surface area contributed by atoms with Crippen LogP contribution in [0.25, 0.3) is 0 Å². The Bertz CT molecular complexity index is 1610. The van der Waals surface area contributed by atoms with Crippen LogP contribution >= 0.6 is 0 Å². The summed E-state index contributed by atoms with van der Waals surface area (Å²) >= 11 is 0. The SMILES string of the molecule is CCC(C)(C)C(=O)O[C@H]1C[C@@H](C)C=C2C=C[C@@H](C)[C@H](C)C21.CC[C@H](C)C(=O)O[C@H]1C[C@@H](C)C=C2C=C[C@@H](C)[C@H](C)C21.CC[C@H](C)C(=O)O[C@H]1C[C@H](O)C=C2C=C[C@@H](C)[C@H](C)C21. The molecule has 6 rings (SSSR count). The van der Waals surface area contributed by atoms with E-state index < -0.39 is 6.10 Å². The van der Waals surface area contributed by atoms with Gasteiger partial charge in [-0.15, -0.1) is 0 Å². The van der Waals surface area contributed by atoms with Gasteiger partial charge in [0, 0.05) is 24.2 Å². The number of hydrogen-bond acceptors (Lipinski definition) is 7. The topological polar surface area (TPSA) is 99.1 Å². The summed E-state index contributed by atoms with van der Waals surface area (Å²) in [6.45, 7) is 31.8. The van der Waals surface area contributed by atoms with E-state index in [4.69, 9.17) is 14.2 Å². The van der Waals surface area contributed by atoms with E-state index in [0.717, 1.165) is 37.7 Å². The standard InChI is InChI=1S/C19H30O2.C18H28O2.C17H26O3/c1-7-19(5,6)18(20)21-16-11-12(2)10-15-9-8-13(3)14(4)17(15)16;1-6-12(3)18(19)20-16-10-11(2)9-15-8-7-13(4)14(5)17(15)16;1-5-10(2)17(19)20-15-9-14(18)8-13-7-6-11(3)12(4)16(13)15/h8-10,12-14,16-17H,7,11H2,1-6H3;7-9,11-14,16-17H,6,10H2,1-5H3;6-8,10-12,14-16,18H,5,9H2,1-4H3/t12-,13+,14-,16-,17?;11-,12-,13+,14-,16-,17?;10-,11+,12-,14+,15-,16?/m000/s1. The van der Waals surface area contributed by atoms with Crippen molar-refractivity contribution in [3.63, 3.8) is 0 Å². The molecule has 0 bridgehead atoms. The van der Waals surface area contributed by atoms with Crippen LogP contribution in [0.1, 0.15) is 142 Å². The Morgan fingerprint density at radius 1 is 0.590 bits per heavy atom. The van der Waals surface area contributed by atoms with Gasteiger partial charge in [0.2, 0.25) is 0 Å². The number of aliphatic hydroxyl groups is 1. The third-order valence-corrected chi connectivity index (χ3v) is 15.6. The van der Waals surface area contributed by atoms with Gasteiger partial charge in [0.25, 0.3) is 0 Å². The molecule has 17 atom stereocenters. The number of carbonyl (C=O) groups excluding carboxylic acids is 3. The highest BCUT2D eigenvalue weighted by atomic mass is 16.6. The maximum Gasteiger partial charge on any atom is 0.311 e. The fraction of sp³-hybridized carbons (Fsp3) is 0.722. The largest absolute Gasteiger partial charge is 0.461 e. The molecule has 6 aliphatic rings. The molecule has 0 aromatic carbocycles. The number of carbonyl (C=O) groups is 3. The van der Waals surface area contributed by atoms with Gasteiger partial charge in [0.05, 0.1) is 23.4 Å². The van der Waals surface area contributed by atoms with Gasteiger partial charge in [-0.1, -0.05) is 145 Å². The lowest BCUT2D eigenvalue weighted by molar-refractivity contribution is -0.164. The van der Waals surface area contributed by atoms with Gasteiger partial charge in [0.15, 0.2) is 0 Å². The summed E-state index contributed by atoms with van der Waals surface area (Å²) < 4.78 is 17.6. The summed E-state index contributed by atoms with van der Waals surface area (Å²) in [6, 6.07) is 0. The maximum atomic E-state index is 12.5. The fourth-order valence-corrected chi connectivity index (χ4v) is 9.86. The molecule has 342 valence electrons. The third-order valence-electron chi connectivity index (χ3n) is 15.6. The van der Waals surface area contributed by atoms with E-state index in [0.29, 0.717) is 65.6 Å². The Morgan fingerprint density at radius 2 is 0.934 bits per heavy atom. The molecule has 0 radical (unpaired) electrons. The highest BCUT2D eigenvalue weighted by Gasteiger charge is 2.43. The molecule has 0 heterocycles. The third kappa shape index (κ3) is 12.5. The minimum atomic E-state index is -0.513. The van der Waals surface area contributed by atoms with Crippen LogP contribution in [0.4, 0.5) is 0 Å². The minimum absolute atomic E-state index is 0.00604. The average Bonchev–Trinajstić information content (AvgIpc) is 3.21. The van der Waals surface area contributed by atoms with E-state index in [1.807, 2.05) is 54.5 Å². The van der Waals surface area contributed by atoms with Crippen molar-refractivity contribution in [1.82, 2.24) is 0 Å². The minimum Gasteiger partial charge on any atom is -0.461 e. The lowest BCUT2D eigenvalue weighted by atomic mass is 9.67. The second-order valence-corrected chi connectivity index (χ2v) is 20.8. The zero-order valence-corrected chi connectivity index (χ0v) is 40.7. The van der Waals surface area contributed by atoms with Crippen molar-refractivity contribution in [3.8, 4) is 0 Å². The van der Waals surface area contributed by atoms with Crippen LogP contribution in [0.2, 0.25) is 0 Å². The van der Waals surface area contributed by atoms with Crippen molar-refractivity contribution < 1.29 is 33.7 Å². The van der Waals surface area contributed by atoms with E-state index in [1.54, 1.807) is 0 Å². The number of aliphatic hydroxyl groups excluding tert-OH is 1. The summed E-state index contributed by atoms with van der Waals surface area (Å²) in [5, 5.41) is 9.98. The molecule has 6 aliphatic carbocycles. The van der Waals surface area contributed by atoms with Gasteiger partial charge in [-0.05, 0) is 110 Å². The lowest BCUT2D eigenvalue weighted by Crippen LogP contribution is -2.41. The van der Waals surface area contributed by atoms with Gasteiger partial charge in [-0.25, -0.2) is 0 Å². The second-order valence-electron chi connectivity index (χ2n) is 20.8. The number of fused-ring (bicyclic) bond motifs is 3. The highest BCUT2D eigenvalue weighted by Crippen LogP contribution is 2.45. The predicted octanol–water partition coefficient (Wildman–Crippen LogP) is 12.2. The Labute approximate surface area is 371 Å². The molecule has 3 unspecified atom stereocenters. The molecule has 1 N–H and O–H groups in total. The molecule has 0 aliphatic heterocycles. The van der Waals surface area contributed by atoms with Crippen molar-refractivity contribution >= 4 is 17.9 Å². The first-order chi connectivity index (χ1) is 28.6. The Kier molecular flexibility index (Phi) is 18.1. The number of ether oxygens (including phenoxy) is 3. The average molecular weight is 845 g/mol. The van der Waals surface area contributed by atoms with Crippen LogP contribution in [-0.2, 0) is 28.6 Å². The normalized spacial score (nSPS) is 37.2. The van der Waals surface area contributed by atoms with Gasteiger partial charge >= 0.3 is 17.9 Å². The number of esters is 3.